The van der Waals surface area contributed by atoms with Gasteiger partial charge in [0.25, 0.3) is 0 Å². The van der Waals surface area contributed by atoms with Crippen LogP contribution in [0, 0.1) is 0 Å². The molecule has 0 saturated heterocycles. The second-order valence-electron chi connectivity index (χ2n) is 4.44. The maximum absolute atomic E-state index is 9.61. The molecular formula is C12H18BrNO. The van der Waals surface area contributed by atoms with E-state index in [1.807, 2.05) is 18.2 Å². The molecule has 1 aromatic rings. The number of hydrogen-bond acceptors (Lipinski definition) is 2. The summed E-state index contributed by atoms with van der Waals surface area (Å²) in [6.45, 7) is 6.26. The highest BCUT2D eigenvalue weighted by atomic mass is 79.9. The standard InChI is InChI=1S/C12H18BrNO/c1-9(14-8-12(2,3)15)10-6-4-5-7-11(10)13/h4-7,9,14-15H,8H2,1-3H3/t9-/m1/s1. The zero-order chi connectivity index (χ0) is 11.5. The van der Waals surface area contributed by atoms with Gasteiger partial charge in [0.05, 0.1) is 5.60 Å². The summed E-state index contributed by atoms with van der Waals surface area (Å²) in [7, 11) is 0. The molecule has 0 saturated carbocycles. The second kappa shape index (κ2) is 5.10. The van der Waals surface area contributed by atoms with Gasteiger partial charge in [0.2, 0.25) is 0 Å². The molecule has 0 fully saturated rings. The summed E-state index contributed by atoms with van der Waals surface area (Å²) in [6, 6.07) is 8.34. The van der Waals surface area contributed by atoms with Crippen molar-refractivity contribution in [3.8, 4) is 0 Å². The van der Waals surface area contributed by atoms with Gasteiger partial charge in [0.1, 0.15) is 0 Å². The van der Waals surface area contributed by atoms with E-state index in [0.29, 0.717) is 6.54 Å². The third kappa shape index (κ3) is 4.33. The molecule has 0 aliphatic rings. The molecule has 1 atom stereocenters. The van der Waals surface area contributed by atoms with Crippen molar-refractivity contribution >= 4 is 15.9 Å². The third-order valence-electron chi connectivity index (χ3n) is 2.21. The number of hydrogen-bond donors (Lipinski definition) is 2. The highest BCUT2D eigenvalue weighted by Gasteiger charge is 2.15. The Labute approximate surface area is 99.8 Å². The summed E-state index contributed by atoms with van der Waals surface area (Å²) in [5.74, 6) is 0. The zero-order valence-corrected chi connectivity index (χ0v) is 11.0. The van der Waals surface area contributed by atoms with Gasteiger partial charge in [-0.25, -0.2) is 0 Å². The maximum Gasteiger partial charge on any atom is 0.0715 e. The highest BCUT2D eigenvalue weighted by Crippen LogP contribution is 2.22. The lowest BCUT2D eigenvalue weighted by Gasteiger charge is -2.22. The van der Waals surface area contributed by atoms with Gasteiger partial charge in [-0.1, -0.05) is 34.1 Å². The van der Waals surface area contributed by atoms with E-state index < -0.39 is 5.60 Å². The van der Waals surface area contributed by atoms with Gasteiger partial charge >= 0.3 is 0 Å². The van der Waals surface area contributed by atoms with Crippen molar-refractivity contribution in [3.05, 3.63) is 34.3 Å². The molecular weight excluding hydrogens is 254 g/mol. The fourth-order valence-electron chi connectivity index (χ4n) is 1.34. The van der Waals surface area contributed by atoms with Crippen LogP contribution in [-0.2, 0) is 0 Å². The van der Waals surface area contributed by atoms with Crippen LogP contribution < -0.4 is 5.32 Å². The molecule has 0 radical (unpaired) electrons. The number of benzene rings is 1. The predicted octanol–water partition coefficient (Wildman–Crippen LogP) is 2.87. The Balaban J connectivity index is 2.62. The average Bonchev–Trinajstić information content (AvgIpc) is 2.14. The number of halogens is 1. The van der Waals surface area contributed by atoms with Crippen molar-refractivity contribution in [2.75, 3.05) is 6.54 Å². The van der Waals surface area contributed by atoms with Crippen LogP contribution >= 0.6 is 15.9 Å². The number of aliphatic hydroxyl groups is 1. The summed E-state index contributed by atoms with van der Waals surface area (Å²) in [5.41, 5.74) is 0.539. The van der Waals surface area contributed by atoms with Crippen molar-refractivity contribution in [1.82, 2.24) is 5.32 Å². The van der Waals surface area contributed by atoms with Crippen LogP contribution in [0.2, 0.25) is 0 Å². The molecule has 15 heavy (non-hydrogen) atoms. The molecule has 1 rings (SSSR count). The smallest absolute Gasteiger partial charge is 0.0715 e. The Bertz CT molecular complexity index is 320. The Morgan fingerprint density at radius 1 is 1.40 bits per heavy atom. The fraction of sp³-hybridized carbons (Fsp3) is 0.500. The molecule has 2 nitrogen and oxygen atoms in total. The van der Waals surface area contributed by atoms with E-state index >= 15 is 0 Å². The largest absolute Gasteiger partial charge is 0.389 e. The van der Waals surface area contributed by atoms with E-state index in [1.165, 1.54) is 5.56 Å². The van der Waals surface area contributed by atoms with E-state index in [4.69, 9.17) is 0 Å². The predicted molar refractivity (Wildman–Crippen MR) is 66.9 cm³/mol. The van der Waals surface area contributed by atoms with Crippen LogP contribution in [-0.4, -0.2) is 17.3 Å². The molecule has 0 aromatic heterocycles. The molecule has 0 unspecified atom stereocenters. The topological polar surface area (TPSA) is 32.3 Å². The minimum absolute atomic E-state index is 0.229. The summed E-state index contributed by atoms with van der Waals surface area (Å²) in [5, 5.41) is 12.9. The van der Waals surface area contributed by atoms with Crippen LogP contribution in [0.1, 0.15) is 32.4 Å². The molecule has 0 heterocycles. The van der Waals surface area contributed by atoms with E-state index in [-0.39, 0.29) is 6.04 Å². The SMILES string of the molecule is C[C@@H](NCC(C)(C)O)c1ccccc1Br. The maximum atomic E-state index is 9.61. The quantitative estimate of drug-likeness (QED) is 0.883. The number of nitrogens with one attached hydrogen (secondary N) is 1. The molecule has 0 aliphatic carbocycles. The van der Waals surface area contributed by atoms with E-state index in [2.05, 4.69) is 34.2 Å². The monoisotopic (exact) mass is 271 g/mol. The minimum atomic E-state index is -0.671. The van der Waals surface area contributed by atoms with Crippen LogP contribution in [0.5, 0.6) is 0 Å². The van der Waals surface area contributed by atoms with Gasteiger partial charge in [-0.15, -0.1) is 0 Å². The molecule has 0 bridgehead atoms. The molecule has 0 aliphatic heterocycles. The summed E-state index contributed by atoms with van der Waals surface area (Å²) in [4.78, 5) is 0. The van der Waals surface area contributed by atoms with Crippen LogP contribution in [0.3, 0.4) is 0 Å². The first-order chi connectivity index (χ1) is 6.90. The van der Waals surface area contributed by atoms with Gasteiger partial charge in [-0.05, 0) is 32.4 Å². The van der Waals surface area contributed by atoms with E-state index in [1.54, 1.807) is 13.8 Å². The lowest BCUT2D eigenvalue weighted by atomic mass is 10.1. The van der Waals surface area contributed by atoms with Crippen molar-refractivity contribution in [2.24, 2.45) is 0 Å². The van der Waals surface area contributed by atoms with Crippen molar-refractivity contribution < 1.29 is 5.11 Å². The summed E-state index contributed by atoms with van der Waals surface area (Å²) >= 11 is 3.51. The molecule has 2 N–H and O–H groups in total. The lowest BCUT2D eigenvalue weighted by molar-refractivity contribution is 0.0770. The van der Waals surface area contributed by atoms with E-state index in [0.717, 1.165) is 4.47 Å². The first kappa shape index (κ1) is 12.7. The molecule has 0 amide bonds. The Morgan fingerprint density at radius 3 is 2.53 bits per heavy atom. The normalized spacial score (nSPS) is 13.9. The number of rotatable bonds is 4. The third-order valence-corrected chi connectivity index (χ3v) is 2.93. The van der Waals surface area contributed by atoms with Gasteiger partial charge in [0, 0.05) is 17.1 Å². The van der Waals surface area contributed by atoms with Gasteiger partial charge < -0.3 is 10.4 Å². The molecule has 84 valence electrons. The Kier molecular flexibility index (Phi) is 4.32. The van der Waals surface area contributed by atoms with Gasteiger partial charge in [0.15, 0.2) is 0 Å². The first-order valence-corrected chi connectivity index (χ1v) is 5.89. The molecule has 3 heteroatoms. The van der Waals surface area contributed by atoms with Crippen molar-refractivity contribution in [2.45, 2.75) is 32.4 Å². The Hall–Kier alpha value is -0.380. The molecule has 1 aromatic carbocycles. The Morgan fingerprint density at radius 2 is 2.00 bits per heavy atom. The lowest BCUT2D eigenvalue weighted by Crippen LogP contribution is -2.36. The molecule has 0 spiro atoms. The van der Waals surface area contributed by atoms with Crippen molar-refractivity contribution in [3.63, 3.8) is 0 Å². The second-order valence-corrected chi connectivity index (χ2v) is 5.29. The van der Waals surface area contributed by atoms with Gasteiger partial charge in [-0.3, -0.25) is 0 Å². The first-order valence-electron chi connectivity index (χ1n) is 5.10. The van der Waals surface area contributed by atoms with Gasteiger partial charge in [-0.2, -0.15) is 0 Å². The highest BCUT2D eigenvalue weighted by molar-refractivity contribution is 9.10. The summed E-state index contributed by atoms with van der Waals surface area (Å²) in [6.07, 6.45) is 0. The zero-order valence-electron chi connectivity index (χ0n) is 9.42. The fourth-order valence-corrected chi connectivity index (χ4v) is 1.97. The van der Waals surface area contributed by atoms with Crippen molar-refractivity contribution in [1.29, 1.82) is 0 Å². The average molecular weight is 272 g/mol. The van der Waals surface area contributed by atoms with Crippen LogP contribution in [0.15, 0.2) is 28.7 Å². The summed E-state index contributed by atoms with van der Waals surface area (Å²) < 4.78 is 1.10. The van der Waals surface area contributed by atoms with Crippen LogP contribution in [0.25, 0.3) is 0 Å². The van der Waals surface area contributed by atoms with Crippen LogP contribution in [0.4, 0.5) is 0 Å². The van der Waals surface area contributed by atoms with E-state index in [9.17, 15) is 5.11 Å². The minimum Gasteiger partial charge on any atom is -0.389 e.